The minimum Gasteiger partial charge on any atom is -0.357 e. The summed E-state index contributed by atoms with van der Waals surface area (Å²) in [5.41, 5.74) is 1.40. The van der Waals surface area contributed by atoms with Crippen molar-refractivity contribution in [1.82, 2.24) is 15.5 Å². The largest absolute Gasteiger partial charge is 0.357 e. The smallest absolute Gasteiger partial charge is 0.244 e. The zero-order valence-corrected chi connectivity index (χ0v) is 21.0. The van der Waals surface area contributed by atoms with E-state index in [4.69, 9.17) is 0 Å². The molecule has 0 spiro atoms. The van der Waals surface area contributed by atoms with Gasteiger partial charge in [-0.1, -0.05) is 30.3 Å². The summed E-state index contributed by atoms with van der Waals surface area (Å²) in [7, 11) is 0. The number of aliphatic imine (C=N–C) groups is 1. The third-order valence-corrected chi connectivity index (χ3v) is 5.82. The number of amides is 1. The minimum atomic E-state index is 0. The number of hydrogen-bond acceptors (Lipinski definition) is 3. The van der Waals surface area contributed by atoms with E-state index in [1.807, 2.05) is 23.6 Å². The fourth-order valence-electron chi connectivity index (χ4n) is 3.50. The molecule has 0 aromatic heterocycles. The molecule has 2 rings (SSSR count). The van der Waals surface area contributed by atoms with Gasteiger partial charge in [-0.25, -0.2) is 4.99 Å². The van der Waals surface area contributed by atoms with Crippen molar-refractivity contribution in [2.45, 2.75) is 39.0 Å². The fraction of sp³-hybridized carbons (Fsp3) is 0.636. The van der Waals surface area contributed by atoms with Gasteiger partial charge in [0.25, 0.3) is 0 Å². The van der Waals surface area contributed by atoms with E-state index in [2.05, 4.69) is 52.2 Å². The maximum atomic E-state index is 12.5. The summed E-state index contributed by atoms with van der Waals surface area (Å²) in [6, 6.07) is 10.7. The molecule has 1 aliphatic rings. The molecule has 164 valence electrons. The summed E-state index contributed by atoms with van der Waals surface area (Å²) in [6.45, 7) is 5.67. The first-order chi connectivity index (χ1) is 13.7. The van der Waals surface area contributed by atoms with Gasteiger partial charge in [0, 0.05) is 26.2 Å². The van der Waals surface area contributed by atoms with Crippen LogP contribution in [0, 0.1) is 5.92 Å². The molecule has 29 heavy (non-hydrogen) atoms. The maximum absolute atomic E-state index is 12.5. The van der Waals surface area contributed by atoms with E-state index in [9.17, 15) is 4.79 Å². The van der Waals surface area contributed by atoms with Crippen molar-refractivity contribution in [3.8, 4) is 0 Å². The van der Waals surface area contributed by atoms with Crippen LogP contribution in [0.1, 0.15) is 38.2 Å². The number of rotatable bonds is 10. The molecular formula is C22H37IN4OS. The molecular weight excluding hydrogens is 495 g/mol. The van der Waals surface area contributed by atoms with Crippen LogP contribution < -0.4 is 10.6 Å². The number of hydrogen-bond donors (Lipinski definition) is 2. The van der Waals surface area contributed by atoms with Gasteiger partial charge in [-0.2, -0.15) is 11.8 Å². The van der Waals surface area contributed by atoms with Crippen LogP contribution >= 0.6 is 35.7 Å². The first kappa shape index (κ1) is 26.1. The summed E-state index contributed by atoms with van der Waals surface area (Å²) in [5.74, 6) is 2.75. The molecule has 1 saturated heterocycles. The Kier molecular flexibility index (Phi) is 14.2. The van der Waals surface area contributed by atoms with Gasteiger partial charge in [0.15, 0.2) is 5.96 Å². The van der Waals surface area contributed by atoms with E-state index >= 15 is 0 Å². The van der Waals surface area contributed by atoms with E-state index in [-0.39, 0.29) is 36.4 Å². The zero-order chi connectivity index (χ0) is 20.0. The van der Waals surface area contributed by atoms with Gasteiger partial charge in [-0.15, -0.1) is 24.0 Å². The molecule has 1 aliphatic heterocycles. The Morgan fingerprint density at radius 3 is 2.55 bits per heavy atom. The van der Waals surface area contributed by atoms with Crippen molar-refractivity contribution in [2.75, 3.05) is 44.7 Å². The number of guanidine groups is 1. The molecule has 0 radical (unpaired) electrons. The molecule has 7 heteroatoms. The molecule has 1 amide bonds. The summed E-state index contributed by atoms with van der Waals surface area (Å²) in [5, 5.41) is 6.56. The SMILES string of the molecule is CCNC(=NCC(=O)N1CCC(Cc2ccccc2)CC1)NCCCCSC.I. The molecule has 0 bridgehead atoms. The Bertz CT molecular complexity index is 592. The number of unbranched alkanes of at least 4 members (excludes halogenated alkanes) is 1. The standard InChI is InChI=1S/C22H36N4OS.HI/c1-3-23-22(24-13-7-8-16-28-2)25-18-21(27)26-14-11-20(12-15-26)17-19-9-5-4-6-10-19;/h4-6,9-10,20H,3,7-8,11-18H2,1-2H3,(H2,23,24,25);1H. The number of carbonyl (C=O) groups excluding carboxylic acids is 1. The second kappa shape index (κ2) is 15.8. The van der Waals surface area contributed by atoms with Gasteiger partial charge in [0.1, 0.15) is 6.54 Å². The van der Waals surface area contributed by atoms with Crippen LogP contribution in [0.2, 0.25) is 0 Å². The lowest BCUT2D eigenvalue weighted by atomic mass is 9.90. The molecule has 2 N–H and O–H groups in total. The van der Waals surface area contributed by atoms with Crippen LogP contribution in [-0.2, 0) is 11.2 Å². The lowest BCUT2D eigenvalue weighted by molar-refractivity contribution is -0.130. The van der Waals surface area contributed by atoms with Gasteiger partial charge in [-0.3, -0.25) is 4.79 Å². The van der Waals surface area contributed by atoms with Gasteiger partial charge in [0.2, 0.25) is 5.91 Å². The number of likely N-dealkylation sites (tertiary alicyclic amines) is 1. The Morgan fingerprint density at radius 2 is 1.90 bits per heavy atom. The molecule has 1 aromatic carbocycles. The van der Waals surface area contributed by atoms with Gasteiger partial charge in [-0.05, 0) is 62.5 Å². The minimum absolute atomic E-state index is 0. The number of halogens is 1. The molecule has 5 nitrogen and oxygen atoms in total. The molecule has 1 aromatic rings. The molecule has 0 atom stereocenters. The Hall–Kier alpha value is -0.960. The number of carbonyl (C=O) groups is 1. The Morgan fingerprint density at radius 1 is 1.17 bits per heavy atom. The fourth-order valence-corrected chi connectivity index (χ4v) is 3.99. The van der Waals surface area contributed by atoms with Crippen molar-refractivity contribution >= 4 is 47.6 Å². The van der Waals surface area contributed by atoms with E-state index in [1.54, 1.807) is 0 Å². The lowest BCUT2D eigenvalue weighted by Crippen LogP contribution is -2.42. The van der Waals surface area contributed by atoms with Crippen molar-refractivity contribution in [3.05, 3.63) is 35.9 Å². The van der Waals surface area contributed by atoms with Crippen molar-refractivity contribution < 1.29 is 4.79 Å². The van der Waals surface area contributed by atoms with Gasteiger partial charge >= 0.3 is 0 Å². The monoisotopic (exact) mass is 532 g/mol. The quantitative estimate of drug-likeness (QED) is 0.209. The van der Waals surface area contributed by atoms with Crippen LogP contribution in [0.5, 0.6) is 0 Å². The van der Waals surface area contributed by atoms with E-state index in [1.165, 1.54) is 17.7 Å². The third kappa shape index (κ3) is 10.6. The van der Waals surface area contributed by atoms with Crippen LogP contribution in [0.25, 0.3) is 0 Å². The second-order valence-corrected chi connectivity index (χ2v) is 8.32. The normalized spacial score (nSPS) is 15.0. The predicted molar refractivity (Wildman–Crippen MR) is 136 cm³/mol. The van der Waals surface area contributed by atoms with E-state index in [0.29, 0.717) is 5.92 Å². The molecule has 0 aliphatic carbocycles. The second-order valence-electron chi connectivity index (χ2n) is 7.34. The number of nitrogens with one attached hydrogen (secondary N) is 2. The number of piperidine rings is 1. The number of thioether (sulfide) groups is 1. The Labute approximate surface area is 197 Å². The summed E-state index contributed by atoms with van der Waals surface area (Å²) >= 11 is 1.88. The van der Waals surface area contributed by atoms with Gasteiger partial charge in [0.05, 0.1) is 0 Å². The molecule has 0 unspecified atom stereocenters. The summed E-state index contributed by atoms with van der Waals surface area (Å²) < 4.78 is 0. The number of benzene rings is 1. The van der Waals surface area contributed by atoms with Crippen molar-refractivity contribution in [3.63, 3.8) is 0 Å². The van der Waals surface area contributed by atoms with Gasteiger partial charge < -0.3 is 15.5 Å². The van der Waals surface area contributed by atoms with E-state index in [0.717, 1.165) is 57.8 Å². The predicted octanol–water partition coefficient (Wildman–Crippen LogP) is 3.78. The highest BCUT2D eigenvalue weighted by Gasteiger charge is 2.22. The third-order valence-electron chi connectivity index (χ3n) is 5.12. The van der Waals surface area contributed by atoms with E-state index < -0.39 is 0 Å². The van der Waals surface area contributed by atoms with Crippen LogP contribution in [0.4, 0.5) is 0 Å². The molecule has 1 heterocycles. The van der Waals surface area contributed by atoms with Crippen molar-refractivity contribution in [1.29, 1.82) is 0 Å². The average Bonchev–Trinajstić information content (AvgIpc) is 2.73. The topological polar surface area (TPSA) is 56.7 Å². The number of nitrogens with zero attached hydrogens (tertiary/aromatic N) is 2. The first-order valence-electron chi connectivity index (χ1n) is 10.6. The highest BCUT2D eigenvalue weighted by atomic mass is 127. The highest BCUT2D eigenvalue weighted by Crippen LogP contribution is 2.21. The zero-order valence-electron chi connectivity index (χ0n) is 17.9. The molecule has 0 saturated carbocycles. The maximum Gasteiger partial charge on any atom is 0.244 e. The van der Waals surface area contributed by atoms with Crippen LogP contribution in [0.3, 0.4) is 0 Å². The summed E-state index contributed by atoms with van der Waals surface area (Å²) in [4.78, 5) is 19.0. The average molecular weight is 533 g/mol. The van der Waals surface area contributed by atoms with Crippen LogP contribution in [-0.4, -0.2) is 61.5 Å². The molecule has 1 fully saturated rings. The summed E-state index contributed by atoms with van der Waals surface area (Å²) in [6.07, 6.45) is 7.73. The van der Waals surface area contributed by atoms with Crippen LogP contribution in [0.15, 0.2) is 35.3 Å². The lowest BCUT2D eigenvalue weighted by Gasteiger charge is -2.32. The Balaban J connectivity index is 0.00000420. The highest BCUT2D eigenvalue weighted by molar-refractivity contribution is 14.0. The first-order valence-corrected chi connectivity index (χ1v) is 11.9. The van der Waals surface area contributed by atoms with Crippen molar-refractivity contribution in [2.24, 2.45) is 10.9 Å².